The van der Waals surface area contributed by atoms with Crippen LogP contribution in [0.3, 0.4) is 0 Å². The second-order valence-electron chi connectivity index (χ2n) is 12.3. The Morgan fingerprint density at radius 1 is 0.806 bits per heavy atom. The van der Waals surface area contributed by atoms with Crippen LogP contribution in [0, 0.1) is 46.8 Å². The number of Topliss-reactive ketones (excluding diaryl/α,β-unsaturated/α-hetero) is 1. The first kappa shape index (κ1) is 25.2. The highest BCUT2D eigenvalue weighted by molar-refractivity contribution is 5.90. The number of allylic oxidation sites excluding steroid dienone is 2. The molecular formula is C30H38O6. The van der Waals surface area contributed by atoms with Crippen LogP contribution in [0.2, 0.25) is 0 Å². The summed E-state index contributed by atoms with van der Waals surface area (Å²) in [5, 5.41) is 31.6. The standard InChI is InChI=1S/C30H38O6/c1-15-5-8-20(18(4)28(34)35)12-24-21(15)13-25-29(9-10-30(24,25)36)23-11-19(17(3)27(32)33)7-6-16(2)22(23)14-26(29)31/h19-25,36H,1-14H2,(H,32,33)(H,34,35)/t19?,20?,21?,22?,23?,24?,25?,29-,30+/m1/s1. The average molecular weight is 495 g/mol. The molecule has 1 spiro atoms. The van der Waals surface area contributed by atoms with Crippen molar-refractivity contribution in [1.82, 2.24) is 0 Å². The molecule has 5 saturated carbocycles. The van der Waals surface area contributed by atoms with Crippen LogP contribution < -0.4 is 0 Å². The molecule has 0 radical (unpaired) electrons. The minimum absolute atomic E-state index is 0.0135. The maximum Gasteiger partial charge on any atom is 0.331 e. The number of aliphatic carboxylic acids is 2. The minimum atomic E-state index is -1.06. The van der Waals surface area contributed by atoms with Gasteiger partial charge >= 0.3 is 11.9 Å². The average Bonchev–Trinajstić information content (AvgIpc) is 3.28. The van der Waals surface area contributed by atoms with Gasteiger partial charge in [-0.1, -0.05) is 37.5 Å². The Morgan fingerprint density at radius 2 is 1.33 bits per heavy atom. The Bertz CT molecular complexity index is 1080. The van der Waals surface area contributed by atoms with Crippen LogP contribution >= 0.6 is 0 Å². The number of carboxylic acids is 2. The van der Waals surface area contributed by atoms with E-state index in [1.54, 1.807) is 0 Å². The van der Waals surface area contributed by atoms with E-state index >= 15 is 0 Å². The van der Waals surface area contributed by atoms with E-state index in [9.17, 15) is 29.7 Å². The molecule has 7 unspecified atom stereocenters. The van der Waals surface area contributed by atoms with Crippen LogP contribution in [0.25, 0.3) is 0 Å². The first-order valence-electron chi connectivity index (χ1n) is 13.4. The van der Waals surface area contributed by atoms with Gasteiger partial charge in [0.2, 0.25) is 0 Å². The molecule has 5 fully saturated rings. The summed E-state index contributed by atoms with van der Waals surface area (Å²) in [4.78, 5) is 37.4. The summed E-state index contributed by atoms with van der Waals surface area (Å²) in [5.74, 6) is -2.61. The highest BCUT2D eigenvalue weighted by Crippen LogP contribution is 2.71. The lowest BCUT2D eigenvalue weighted by Crippen LogP contribution is -2.45. The van der Waals surface area contributed by atoms with Crippen LogP contribution in [-0.2, 0) is 14.4 Å². The van der Waals surface area contributed by atoms with Gasteiger partial charge in [-0.2, -0.15) is 0 Å². The molecule has 0 heterocycles. The number of aliphatic hydroxyl groups is 1. The highest BCUT2D eigenvalue weighted by Gasteiger charge is 2.72. The third-order valence-electron chi connectivity index (χ3n) is 11.1. The van der Waals surface area contributed by atoms with Crippen molar-refractivity contribution in [2.24, 2.45) is 46.8 Å². The highest BCUT2D eigenvalue weighted by atomic mass is 16.4. The van der Waals surface area contributed by atoms with Gasteiger partial charge in [-0.25, -0.2) is 9.59 Å². The van der Waals surface area contributed by atoms with Gasteiger partial charge in [-0.3, -0.25) is 4.79 Å². The molecule has 5 aliphatic carbocycles. The van der Waals surface area contributed by atoms with Crippen molar-refractivity contribution in [3.63, 3.8) is 0 Å². The van der Waals surface area contributed by atoms with E-state index in [4.69, 9.17) is 0 Å². The van der Waals surface area contributed by atoms with Crippen LogP contribution in [0.1, 0.15) is 64.2 Å². The Hall–Kier alpha value is -2.47. The molecule has 36 heavy (non-hydrogen) atoms. The Labute approximate surface area is 212 Å². The van der Waals surface area contributed by atoms with Crippen LogP contribution in [-0.4, -0.2) is 38.6 Å². The zero-order valence-electron chi connectivity index (χ0n) is 21.0. The van der Waals surface area contributed by atoms with Gasteiger partial charge in [0.1, 0.15) is 5.78 Å². The number of ketones is 1. The van der Waals surface area contributed by atoms with Crippen molar-refractivity contribution >= 4 is 17.7 Å². The summed E-state index contributed by atoms with van der Waals surface area (Å²) in [6, 6.07) is 0. The lowest BCUT2D eigenvalue weighted by atomic mass is 9.63. The molecule has 194 valence electrons. The van der Waals surface area contributed by atoms with Crippen molar-refractivity contribution < 1.29 is 29.7 Å². The van der Waals surface area contributed by atoms with Gasteiger partial charge in [-0.15, -0.1) is 0 Å². The molecule has 9 atom stereocenters. The quantitative estimate of drug-likeness (QED) is 0.377. The number of hydrogen-bond donors (Lipinski definition) is 3. The van der Waals surface area contributed by atoms with E-state index in [-0.39, 0.29) is 58.4 Å². The van der Waals surface area contributed by atoms with E-state index in [0.717, 1.165) is 11.1 Å². The molecule has 5 rings (SSSR count). The second-order valence-corrected chi connectivity index (χ2v) is 12.3. The SMILES string of the molecule is C=C(C(=O)O)C1CCC(=C)C2CC3[C@](O)(CC[C@]34C(=O)CC3C(=C)CCC(C(=C)C(=O)O)CC34)C2C1. The molecule has 5 aliphatic rings. The molecule has 0 bridgehead atoms. The van der Waals surface area contributed by atoms with E-state index < -0.39 is 23.0 Å². The molecule has 0 amide bonds. The van der Waals surface area contributed by atoms with Gasteiger partial charge < -0.3 is 15.3 Å². The fraction of sp³-hybridized carbons (Fsp3) is 0.633. The van der Waals surface area contributed by atoms with E-state index in [2.05, 4.69) is 26.3 Å². The number of rotatable bonds is 4. The summed E-state index contributed by atoms with van der Waals surface area (Å²) in [6.07, 6.45) is 6.06. The maximum absolute atomic E-state index is 13.9. The molecular weight excluding hydrogens is 456 g/mol. The van der Waals surface area contributed by atoms with Gasteiger partial charge in [0.25, 0.3) is 0 Å². The molecule has 0 aromatic carbocycles. The number of carboxylic acid groups (broad SMARTS) is 2. The summed E-state index contributed by atoms with van der Waals surface area (Å²) in [5.41, 5.74) is 0.697. The molecule has 0 aromatic heterocycles. The van der Waals surface area contributed by atoms with Gasteiger partial charge in [-0.05, 0) is 93.3 Å². The minimum Gasteiger partial charge on any atom is -0.478 e. The van der Waals surface area contributed by atoms with E-state index in [1.165, 1.54) is 0 Å². The van der Waals surface area contributed by atoms with E-state index in [0.29, 0.717) is 64.2 Å². The predicted octanol–water partition coefficient (Wildman–Crippen LogP) is 4.95. The van der Waals surface area contributed by atoms with Crippen molar-refractivity contribution in [1.29, 1.82) is 0 Å². The van der Waals surface area contributed by atoms with Gasteiger partial charge in [0.15, 0.2) is 0 Å². The second kappa shape index (κ2) is 8.54. The molecule has 0 saturated heterocycles. The number of carbonyl (C=O) groups excluding carboxylic acids is 1. The van der Waals surface area contributed by atoms with Crippen molar-refractivity contribution in [3.8, 4) is 0 Å². The first-order chi connectivity index (χ1) is 16.9. The summed E-state index contributed by atoms with van der Waals surface area (Å²) < 4.78 is 0. The fourth-order valence-corrected chi connectivity index (χ4v) is 9.25. The summed E-state index contributed by atoms with van der Waals surface area (Å²) in [7, 11) is 0. The van der Waals surface area contributed by atoms with Gasteiger partial charge in [0.05, 0.1) is 5.60 Å². The van der Waals surface area contributed by atoms with Crippen LogP contribution in [0.4, 0.5) is 0 Å². The summed E-state index contributed by atoms with van der Waals surface area (Å²) >= 11 is 0. The molecule has 0 aliphatic heterocycles. The molecule has 0 aromatic rings. The zero-order valence-corrected chi connectivity index (χ0v) is 21.0. The lowest BCUT2D eigenvalue weighted by molar-refractivity contribution is -0.134. The smallest absolute Gasteiger partial charge is 0.331 e. The monoisotopic (exact) mass is 494 g/mol. The molecule has 6 nitrogen and oxygen atoms in total. The van der Waals surface area contributed by atoms with Crippen molar-refractivity contribution in [3.05, 3.63) is 48.6 Å². The maximum atomic E-state index is 13.9. The Balaban J connectivity index is 1.52. The largest absolute Gasteiger partial charge is 0.478 e. The Kier molecular flexibility index (Phi) is 5.98. The molecule has 3 N–H and O–H groups in total. The third-order valence-corrected chi connectivity index (χ3v) is 11.1. The molecule has 6 heteroatoms. The number of hydrogen-bond acceptors (Lipinski definition) is 4. The normalized spacial score (nSPS) is 43.9. The predicted molar refractivity (Wildman–Crippen MR) is 135 cm³/mol. The summed E-state index contributed by atoms with van der Waals surface area (Å²) in [6.45, 7) is 16.4. The zero-order chi connectivity index (χ0) is 26.2. The first-order valence-corrected chi connectivity index (χ1v) is 13.4. The Morgan fingerprint density at radius 3 is 1.89 bits per heavy atom. The number of carbonyl (C=O) groups is 3. The third kappa shape index (κ3) is 3.43. The number of fused-ring (bicyclic) bond motifs is 6. The topological polar surface area (TPSA) is 112 Å². The van der Waals surface area contributed by atoms with Crippen LogP contribution in [0.5, 0.6) is 0 Å². The van der Waals surface area contributed by atoms with Crippen molar-refractivity contribution in [2.75, 3.05) is 0 Å². The van der Waals surface area contributed by atoms with Crippen molar-refractivity contribution in [2.45, 2.75) is 69.8 Å². The lowest BCUT2D eigenvalue weighted by Gasteiger charge is -2.41. The van der Waals surface area contributed by atoms with E-state index in [1.807, 2.05) is 0 Å². The van der Waals surface area contributed by atoms with Crippen LogP contribution in [0.15, 0.2) is 48.6 Å². The van der Waals surface area contributed by atoms with Gasteiger partial charge in [0, 0.05) is 28.9 Å². The fourth-order valence-electron chi connectivity index (χ4n) is 9.25.